The van der Waals surface area contributed by atoms with Gasteiger partial charge in [-0.3, -0.25) is 4.79 Å². The SMILES string of the molecule is CCCC(COC)NCC(=O)NC1CCCCC1. The van der Waals surface area contributed by atoms with Crippen LogP contribution in [-0.4, -0.2) is 38.3 Å². The molecular formula is C14H28N2O2. The third kappa shape index (κ3) is 6.36. The molecule has 2 N–H and O–H groups in total. The molecular weight excluding hydrogens is 228 g/mol. The lowest BCUT2D eigenvalue weighted by atomic mass is 9.95. The van der Waals surface area contributed by atoms with E-state index >= 15 is 0 Å². The van der Waals surface area contributed by atoms with Gasteiger partial charge in [-0.15, -0.1) is 0 Å². The maximum atomic E-state index is 11.8. The highest BCUT2D eigenvalue weighted by Crippen LogP contribution is 2.17. The number of hydrogen-bond donors (Lipinski definition) is 2. The summed E-state index contributed by atoms with van der Waals surface area (Å²) in [6, 6.07) is 0.692. The Morgan fingerprint density at radius 3 is 2.67 bits per heavy atom. The van der Waals surface area contributed by atoms with Gasteiger partial charge in [-0.05, 0) is 19.3 Å². The summed E-state index contributed by atoms with van der Waals surface area (Å²) in [6.45, 7) is 3.22. The number of carbonyl (C=O) groups excluding carboxylic acids is 1. The molecule has 1 rings (SSSR count). The van der Waals surface area contributed by atoms with Crippen molar-refractivity contribution in [2.75, 3.05) is 20.3 Å². The van der Waals surface area contributed by atoms with Crippen LogP contribution < -0.4 is 10.6 Å². The van der Waals surface area contributed by atoms with Gasteiger partial charge in [0.25, 0.3) is 0 Å². The van der Waals surface area contributed by atoms with E-state index in [0.29, 0.717) is 19.2 Å². The number of rotatable bonds is 8. The zero-order valence-electron chi connectivity index (χ0n) is 11.8. The predicted molar refractivity (Wildman–Crippen MR) is 73.6 cm³/mol. The van der Waals surface area contributed by atoms with Crippen molar-refractivity contribution in [1.29, 1.82) is 0 Å². The van der Waals surface area contributed by atoms with Crippen molar-refractivity contribution in [3.05, 3.63) is 0 Å². The van der Waals surface area contributed by atoms with E-state index in [4.69, 9.17) is 4.74 Å². The Morgan fingerprint density at radius 2 is 2.06 bits per heavy atom. The van der Waals surface area contributed by atoms with E-state index in [0.717, 1.165) is 25.7 Å². The molecule has 106 valence electrons. The third-order valence-electron chi connectivity index (χ3n) is 3.53. The van der Waals surface area contributed by atoms with E-state index in [1.165, 1.54) is 19.3 Å². The minimum atomic E-state index is 0.124. The van der Waals surface area contributed by atoms with Crippen LogP contribution in [0.3, 0.4) is 0 Å². The first kappa shape index (κ1) is 15.4. The van der Waals surface area contributed by atoms with E-state index in [9.17, 15) is 4.79 Å². The number of nitrogens with one attached hydrogen (secondary N) is 2. The molecule has 4 heteroatoms. The highest BCUT2D eigenvalue weighted by molar-refractivity contribution is 5.78. The van der Waals surface area contributed by atoms with Crippen LogP contribution in [0, 0.1) is 0 Å². The topological polar surface area (TPSA) is 50.4 Å². The molecule has 0 heterocycles. The molecule has 18 heavy (non-hydrogen) atoms. The van der Waals surface area contributed by atoms with Crippen LogP contribution in [0.5, 0.6) is 0 Å². The summed E-state index contributed by atoms with van der Waals surface area (Å²) >= 11 is 0. The van der Waals surface area contributed by atoms with Crippen LogP contribution in [0.25, 0.3) is 0 Å². The maximum absolute atomic E-state index is 11.8. The number of ether oxygens (including phenoxy) is 1. The molecule has 0 saturated heterocycles. The fourth-order valence-corrected chi connectivity index (χ4v) is 2.56. The Kier molecular flexibility index (Phi) is 8.01. The summed E-state index contributed by atoms with van der Waals surface area (Å²) in [5.74, 6) is 0.124. The molecule has 0 aromatic carbocycles. The van der Waals surface area contributed by atoms with Gasteiger partial charge in [0.05, 0.1) is 13.2 Å². The Balaban J connectivity index is 2.17. The molecule has 0 spiro atoms. The van der Waals surface area contributed by atoms with Gasteiger partial charge in [-0.25, -0.2) is 0 Å². The van der Waals surface area contributed by atoms with Gasteiger partial charge in [0.2, 0.25) is 5.91 Å². The van der Waals surface area contributed by atoms with E-state index in [1.54, 1.807) is 7.11 Å². The maximum Gasteiger partial charge on any atom is 0.234 e. The summed E-state index contributed by atoms with van der Waals surface area (Å²) in [6.07, 6.45) is 8.25. The highest BCUT2D eigenvalue weighted by Gasteiger charge is 2.16. The Bertz CT molecular complexity index is 222. The van der Waals surface area contributed by atoms with E-state index in [2.05, 4.69) is 17.6 Å². The van der Waals surface area contributed by atoms with Crippen molar-refractivity contribution in [2.24, 2.45) is 0 Å². The minimum absolute atomic E-state index is 0.124. The molecule has 4 nitrogen and oxygen atoms in total. The summed E-state index contributed by atoms with van der Waals surface area (Å²) in [4.78, 5) is 11.8. The molecule has 1 amide bonds. The lowest BCUT2D eigenvalue weighted by Crippen LogP contribution is -2.44. The second-order valence-electron chi connectivity index (χ2n) is 5.22. The van der Waals surface area contributed by atoms with Crippen LogP contribution in [0.2, 0.25) is 0 Å². The molecule has 0 radical (unpaired) electrons. The molecule has 0 aromatic heterocycles. The predicted octanol–water partition coefficient (Wildman–Crippen LogP) is 1.84. The highest BCUT2D eigenvalue weighted by atomic mass is 16.5. The quantitative estimate of drug-likeness (QED) is 0.697. The fraction of sp³-hybridized carbons (Fsp3) is 0.929. The van der Waals surface area contributed by atoms with E-state index in [-0.39, 0.29) is 11.9 Å². The lowest BCUT2D eigenvalue weighted by Gasteiger charge is -2.23. The summed E-state index contributed by atoms with van der Waals surface area (Å²) in [5, 5.41) is 6.39. The Labute approximate surface area is 111 Å². The number of hydrogen-bond acceptors (Lipinski definition) is 3. The molecule has 1 aliphatic carbocycles. The molecule has 0 aromatic rings. The van der Waals surface area contributed by atoms with Crippen LogP contribution in [0.15, 0.2) is 0 Å². The third-order valence-corrected chi connectivity index (χ3v) is 3.53. The standard InChI is InChI=1S/C14H28N2O2/c1-3-7-13(11-18-2)15-10-14(17)16-12-8-5-4-6-9-12/h12-13,15H,3-11H2,1-2H3,(H,16,17). The molecule has 1 saturated carbocycles. The van der Waals surface area contributed by atoms with Crippen molar-refractivity contribution in [2.45, 2.75) is 64.0 Å². The van der Waals surface area contributed by atoms with Crippen LogP contribution in [0.1, 0.15) is 51.9 Å². The second kappa shape index (κ2) is 9.34. The first-order valence-corrected chi connectivity index (χ1v) is 7.28. The zero-order chi connectivity index (χ0) is 13.2. The van der Waals surface area contributed by atoms with Crippen molar-refractivity contribution in [3.8, 4) is 0 Å². The molecule has 1 aliphatic rings. The van der Waals surface area contributed by atoms with Gasteiger partial charge in [-0.1, -0.05) is 32.6 Å². The van der Waals surface area contributed by atoms with E-state index in [1.807, 2.05) is 0 Å². The number of methoxy groups -OCH3 is 1. The first-order chi connectivity index (χ1) is 8.76. The minimum Gasteiger partial charge on any atom is -0.383 e. The van der Waals surface area contributed by atoms with Gasteiger partial charge < -0.3 is 15.4 Å². The second-order valence-corrected chi connectivity index (χ2v) is 5.22. The molecule has 1 atom stereocenters. The van der Waals surface area contributed by atoms with Gasteiger partial charge in [0.1, 0.15) is 0 Å². The summed E-state index contributed by atoms with van der Waals surface area (Å²) in [7, 11) is 1.70. The molecule has 0 bridgehead atoms. The normalized spacial score (nSPS) is 18.6. The van der Waals surface area contributed by atoms with Crippen LogP contribution in [-0.2, 0) is 9.53 Å². The van der Waals surface area contributed by atoms with Crippen molar-refractivity contribution in [3.63, 3.8) is 0 Å². The number of carbonyl (C=O) groups is 1. The van der Waals surface area contributed by atoms with Gasteiger partial charge >= 0.3 is 0 Å². The average molecular weight is 256 g/mol. The van der Waals surface area contributed by atoms with Crippen molar-refractivity contribution < 1.29 is 9.53 Å². The zero-order valence-corrected chi connectivity index (χ0v) is 11.8. The first-order valence-electron chi connectivity index (χ1n) is 7.28. The number of amides is 1. The van der Waals surface area contributed by atoms with Gasteiger partial charge in [0.15, 0.2) is 0 Å². The molecule has 1 fully saturated rings. The lowest BCUT2D eigenvalue weighted by molar-refractivity contribution is -0.121. The molecule has 1 unspecified atom stereocenters. The van der Waals surface area contributed by atoms with Gasteiger partial charge in [-0.2, -0.15) is 0 Å². The summed E-state index contributed by atoms with van der Waals surface area (Å²) in [5.41, 5.74) is 0. The van der Waals surface area contributed by atoms with Crippen LogP contribution >= 0.6 is 0 Å². The average Bonchev–Trinajstić information content (AvgIpc) is 2.38. The Morgan fingerprint density at radius 1 is 1.33 bits per heavy atom. The van der Waals surface area contributed by atoms with Crippen molar-refractivity contribution >= 4 is 5.91 Å². The molecule has 0 aliphatic heterocycles. The smallest absolute Gasteiger partial charge is 0.234 e. The van der Waals surface area contributed by atoms with Crippen molar-refractivity contribution in [1.82, 2.24) is 10.6 Å². The largest absolute Gasteiger partial charge is 0.383 e. The van der Waals surface area contributed by atoms with Crippen LogP contribution in [0.4, 0.5) is 0 Å². The Hall–Kier alpha value is -0.610. The van der Waals surface area contributed by atoms with Gasteiger partial charge in [0, 0.05) is 19.2 Å². The monoisotopic (exact) mass is 256 g/mol. The fourth-order valence-electron chi connectivity index (χ4n) is 2.56. The van der Waals surface area contributed by atoms with E-state index < -0.39 is 0 Å². The summed E-state index contributed by atoms with van der Waals surface area (Å²) < 4.78 is 5.14.